The van der Waals surface area contributed by atoms with Crippen molar-refractivity contribution in [2.45, 2.75) is 20.3 Å². The molecule has 0 bridgehead atoms. The third kappa shape index (κ3) is 1.74. The van der Waals surface area contributed by atoms with Crippen LogP contribution in [-0.4, -0.2) is 0 Å². The minimum atomic E-state index is 0.939. The zero-order valence-corrected chi connectivity index (χ0v) is 8.00. The molecule has 0 atom stereocenters. The van der Waals surface area contributed by atoms with Gasteiger partial charge in [0.15, 0.2) is 0 Å². The van der Waals surface area contributed by atoms with Gasteiger partial charge in [0.05, 0.1) is 0 Å². The highest BCUT2D eigenvalue weighted by Crippen LogP contribution is 2.21. The van der Waals surface area contributed by atoms with Gasteiger partial charge in [-0.05, 0) is 18.1 Å². The summed E-state index contributed by atoms with van der Waals surface area (Å²) in [6.07, 6.45) is 0.939. The lowest BCUT2D eigenvalue weighted by atomic mass is 10.1. The highest BCUT2D eigenvalue weighted by atomic mass is 16.3. The molecule has 0 spiro atoms. The second-order valence-corrected chi connectivity index (χ2v) is 3.63. The number of hydrogen-bond donors (Lipinski definition) is 0. The third-order valence-corrected chi connectivity index (χ3v) is 2.00. The summed E-state index contributed by atoms with van der Waals surface area (Å²) in [6.45, 7) is 4.24. The van der Waals surface area contributed by atoms with Gasteiger partial charge in [0.25, 0.3) is 0 Å². The highest BCUT2D eigenvalue weighted by Gasteiger charge is 2.04. The molecule has 67 valence electrons. The van der Waals surface area contributed by atoms with E-state index in [0.717, 1.165) is 17.8 Å². The summed E-state index contributed by atoms with van der Waals surface area (Å²) < 4.78 is 5.66. The summed E-state index contributed by atoms with van der Waals surface area (Å²) in [5.74, 6) is 2.43. The fourth-order valence-electron chi connectivity index (χ4n) is 1.47. The Labute approximate surface area is 78.4 Å². The average Bonchev–Trinajstić information content (AvgIpc) is 2.44. The van der Waals surface area contributed by atoms with Crippen molar-refractivity contribution in [2.75, 3.05) is 0 Å². The minimum absolute atomic E-state index is 0.939. The highest BCUT2D eigenvalue weighted by molar-refractivity contribution is 5.77. The van der Waals surface area contributed by atoms with E-state index >= 15 is 0 Å². The lowest BCUT2D eigenvalue weighted by Gasteiger charge is -1.97. The predicted octanol–water partition coefficient (Wildman–Crippen LogP) is 3.59. The van der Waals surface area contributed by atoms with Crippen LogP contribution in [0.2, 0.25) is 0 Å². The average molecular weight is 173 g/mol. The van der Waals surface area contributed by atoms with Crippen molar-refractivity contribution < 1.29 is 4.42 Å². The first-order valence-electron chi connectivity index (χ1n) is 4.52. The molecule has 0 aliphatic heterocycles. The number of fused-ring (bicyclic) bond motifs is 1. The molecule has 0 aliphatic carbocycles. The third-order valence-electron chi connectivity index (χ3n) is 2.00. The zero-order valence-electron chi connectivity index (χ0n) is 8.00. The summed E-state index contributed by atoms with van der Waals surface area (Å²) in [7, 11) is 0. The van der Waals surface area contributed by atoms with Crippen LogP contribution in [0.25, 0.3) is 11.0 Å². The maximum absolute atomic E-state index is 5.66. The Kier molecular flexibility index (Phi) is 2.09. The van der Waals surface area contributed by atoms with Crippen LogP contribution < -0.4 is 0 Å². The van der Waals surface area contributed by atoms with Crippen LogP contribution in [0.5, 0.6) is 0 Å². The van der Waals surface area contributed by atoms with Gasteiger partial charge in [0, 0.05) is 11.8 Å². The molecule has 1 radical (unpaired) electrons. The van der Waals surface area contributed by atoms with Crippen molar-refractivity contribution in [1.29, 1.82) is 0 Å². The number of para-hydroxylation sites is 1. The maximum atomic E-state index is 5.66. The standard InChI is InChI=1S/C12H13O/c1-9(2)7-11-8-10-5-3-4-6-12(10)13-11/h3-6,8H,7H2,1-2H3. The second-order valence-electron chi connectivity index (χ2n) is 3.63. The van der Waals surface area contributed by atoms with Crippen molar-refractivity contribution in [1.82, 2.24) is 0 Å². The van der Waals surface area contributed by atoms with Gasteiger partial charge in [-0.3, -0.25) is 0 Å². The first-order chi connectivity index (χ1) is 6.25. The molecule has 1 nitrogen and oxygen atoms in total. The van der Waals surface area contributed by atoms with Crippen LogP contribution in [0.1, 0.15) is 19.6 Å². The van der Waals surface area contributed by atoms with E-state index in [2.05, 4.69) is 26.0 Å². The Morgan fingerprint density at radius 3 is 2.69 bits per heavy atom. The Morgan fingerprint density at radius 2 is 2.00 bits per heavy atom. The van der Waals surface area contributed by atoms with Gasteiger partial charge in [-0.25, -0.2) is 0 Å². The normalized spacial score (nSPS) is 11.3. The summed E-state index contributed by atoms with van der Waals surface area (Å²) in [6, 6.07) is 10.2. The van der Waals surface area contributed by atoms with Gasteiger partial charge in [0.2, 0.25) is 0 Å². The molecule has 0 saturated heterocycles. The van der Waals surface area contributed by atoms with Crippen LogP contribution in [0.15, 0.2) is 34.7 Å². The lowest BCUT2D eigenvalue weighted by molar-refractivity contribution is 0.551. The molecule has 2 aromatic rings. The molecular formula is C12H13O. The molecule has 2 rings (SSSR count). The van der Waals surface area contributed by atoms with Gasteiger partial charge in [0.1, 0.15) is 11.3 Å². The number of furan rings is 1. The molecule has 0 N–H and O–H groups in total. The molecule has 1 heteroatoms. The van der Waals surface area contributed by atoms with Gasteiger partial charge < -0.3 is 4.42 Å². The van der Waals surface area contributed by atoms with E-state index < -0.39 is 0 Å². The van der Waals surface area contributed by atoms with Crippen molar-refractivity contribution in [2.24, 2.45) is 0 Å². The fourth-order valence-corrected chi connectivity index (χ4v) is 1.47. The molecule has 1 aromatic carbocycles. The van der Waals surface area contributed by atoms with Gasteiger partial charge in [-0.2, -0.15) is 0 Å². The maximum Gasteiger partial charge on any atom is 0.134 e. The first kappa shape index (κ1) is 8.36. The summed E-state index contributed by atoms with van der Waals surface area (Å²) >= 11 is 0. The van der Waals surface area contributed by atoms with Crippen molar-refractivity contribution >= 4 is 11.0 Å². The Bertz CT molecular complexity index is 365. The topological polar surface area (TPSA) is 13.1 Å². The molecule has 0 unspecified atom stereocenters. The second kappa shape index (κ2) is 3.25. The summed E-state index contributed by atoms with van der Waals surface area (Å²) in [5, 5.41) is 1.19. The number of rotatable bonds is 2. The Hall–Kier alpha value is -1.24. The number of benzene rings is 1. The van der Waals surface area contributed by atoms with Crippen molar-refractivity contribution in [3.05, 3.63) is 42.0 Å². The van der Waals surface area contributed by atoms with Crippen LogP contribution in [0, 0.1) is 5.92 Å². The zero-order chi connectivity index (χ0) is 9.26. The van der Waals surface area contributed by atoms with Crippen molar-refractivity contribution in [3.8, 4) is 0 Å². The molecule has 13 heavy (non-hydrogen) atoms. The monoisotopic (exact) mass is 173 g/mol. The fraction of sp³-hybridized carbons (Fsp3) is 0.250. The molecule has 0 saturated carbocycles. The first-order valence-corrected chi connectivity index (χ1v) is 4.52. The van der Waals surface area contributed by atoms with E-state index in [-0.39, 0.29) is 0 Å². The van der Waals surface area contributed by atoms with E-state index in [4.69, 9.17) is 4.42 Å². The van der Waals surface area contributed by atoms with Gasteiger partial charge in [-0.15, -0.1) is 0 Å². The lowest BCUT2D eigenvalue weighted by Crippen LogP contribution is -1.88. The molecule has 1 aromatic heterocycles. The minimum Gasteiger partial charge on any atom is -0.461 e. The van der Waals surface area contributed by atoms with Crippen LogP contribution in [-0.2, 0) is 6.42 Å². The molecule has 1 heterocycles. The molecule has 0 aliphatic rings. The molecule has 0 amide bonds. The van der Waals surface area contributed by atoms with E-state index in [0.29, 0.717) is 0 Å². The number of hydrogen-bond acceptors (Lipinski definition) is 1. The Balaban J connectivity index is 2.38. The largest absolute Gasteiger partial charge is 0.461 e. The SMILES string of the molecule is C[C](C)Cc1cc2ccccc2o1. The van der Waals surface area contributed by atoms with Crippen LogP contribution in [0.4, 0.5) is 0 Å². The molecular weight excluding hydrogens is 160 g/mol. The van der Waals surface area contributed by atoms with Gasteiger partial charge >= 0.3 is 0 Å². The quantitative estimate of drug-likeness (QED) is 0.676. The van der Waals surface area contributed by atoms with E-state index in [1.807, 2.05) is 18.2 Å². The van der Waals surface area contributed by atoms with Crippen LogP contribution >= 0.6 is 0 Å². The van der Waals surface area contributed by atoms with E-state index in [9.17, 15) is 0 Å². The van der Waals surface area contributed by atoms with Gasteiger partial charge in [-0.1, -0.05) is 32.0 Å². The smallest absolute Gasteiger partial charge is 0.134 e. The molecule has 0 fully saturated rings. The van der Waals surface area contributed by atoms with E-state index in [1.54, 1.807) is 0 Å². The predicted molar refractivity (Wildman–Crippen MR) is 54.5 cm³/mol. The van der Waals surface area contributed by atoms with Crippen molar-refractivity contribution in [3.63, 3.8) is 0 Å². The summed E-state index contributed by atoms with van der Waals surface area (Å²) in [5.41, 5.74) is 0.985. The summed E-state index contributed by atoms with van der Waals surface area (Å²) in [4.78, 5) is 0. The van der Waals surface area contributed by atoms with Crippen LogP contribution in [0.3, 0.4) is 0 Å². The Morgan fingerprint density at radius 1 is 1.23 bits per heavy atom. The van der Waals surface area contributed by atoms with E-state index in [1.165, 1.54) is 11.3 Å².